The van der Waals surface area contributed by atoms with Crippen molar-refractivity contribution in [3.05, 3.63) is 119 Å². The van der Waals surface area contributed by atoms with E-state index in [0.717, 1.165) is 33.5 Å². The number of pyridine rings is 1. The van der Waals surface area contributed by atoms with E-state index in [2.05, 4.69) is 4.98 Å². The van der Waals surface area contributed by atoms with Gasteiger partial charge in [-0.1, -0.05) is 24.3 Å². The number of benzene rings is 3. The fourth-order valence-corrected chi connectivity index (χ4v) is 5.69. The van der Waals surface area contributed by atoms with E-state index in [1.165, 1.54) is 0 Å². The van der Waals surface area contributed by atoms with Crippen molar-refractivity contribution in [1.29, 1.82) is 0 Å². The summed E-state index contributed by atoms with van der Waals surface area (Å²) >= 11 is 0. The third kappa shape index (κ3) is 4.37. The summed E-state index contributed by atoms with van der Waals surface area (Å²) in [6, 6.07) is 22.4. The predicted octanol–water partition coefficient (Wildman–Crippen LogP) is 6.22. The number of aryl methyl sites for hydroxylation is 1. The minimum Gasteiger partial charge on any atom is -0.497 e. The topological polar surface area (TPSA) is 88.9 Å². The Morgan fingerprint density at radius 3 is 2.71 bits per heavy atom. The van der Waals surface area contributed by atoms with Gasteiger partial charge in [0.25, 0.3) is 0 Å². The molecule has 0 radical (unpaired) electrons. The maximum absolute atomic E-state index is 13.6. The van der Waals surface area contributed by atoms with Crippen LogP contribution in [0.5, 0.6) is 23.0 Å². The third-order valence-corrected chi connectivity index (χ3v) is 7.69. The van der Waals surface area contributed by atoms with Crippen LogP contribution < -0.4 is 18.9 Å². The van der Waals surface area contributed by atoms with Crippen LogP contribution in [0.3, 0.4) is 0 Å². The lowest BCUT2D eigenvalue weighted by Crippen LogP contribution is -2.22. The first-order chi connectivity index (χ1) is 20.5. The first kappa shape index (κ1) is 25.6. The number of ketones is 1. The highest BCUT2D eigenvalue weighted by molar-refractivity contribution is 6.15. The molecule has 4 heterocycles. The second-order valence-electron chi connectivity index (χ2n) is 10.3. The molecule has 0 amide bonds. The number of ether oxygens (including phenoxy) is 4. The molecular weight excluding hydrogens is 532 g/mol. The van der Waals surface area contributed by atoms with E-state index in [1.54, 1.807) is 31.5 Å². The van der Waals surface area contributed by atoms with Crippen molar-refractivity contribution in [1.82, 2.24) is 9.55 Å². The molecule has 3 aromatic carbocycles. The van der Waals surface area contributed by atoms with Crippen LogP contribution in [0.1, 0.15) is 45.1 Å². The molecule has 7 rings (SSSR count). The molecule has 2 aliphatic heterocycles. The highest BCUT2D eigenvalue weighted by Crippen LogP contribution is 2.50. The maximum Gasteiger partial charge on any atom is 0.312 e. The van der Waals surface area contributed by atoms with Crippen molar-refractivity contribution < 1.29 is 28.5 Å². The lowest BCUT2D eigenvalue weighted by Gasteiger charge is -2.27. The van der Waals surface area contributed by atoms with Gasteiger partial charge >= 0.3 is 5.97 Å². The van der Waals surface area contributed by atoms with Gasteiger partial charge in [-0.15, -0.1) is 0 Å². The Kier molecular flexibility index (Phi) is 6.23. The molecule has 2 aliphatic rings. The van der Waals surface area contributed by atoms with Gasteiger partial charge in [0.1, 0.15) is 29.6 Å². The van der Waals surface area contributed by atoms with Crippen molar-refractivity contribution in [2.75, 3.05) is 7.11 Å². The van der Waals surface area contributed by atoms with Gasteiger partial charge in [0.2, 0.25) is 5.78 Å². The molecular formula is C34H26N2O6. The van der Waals surface area contributed by atoms with Crippen LogP contribution in [0.15, 0.2) is 90.9 Å². The highest BCUT2D eigenvalue weighted by Gasteiger charge is 2.39. The number of methoxy groups -OCH3 is 1. The first-order valence-corrected chi connectivity index (χ1v) is 13.6. The van der Waals surface area contributed by atoms with Crippen molar-refractivity contribution >= 4 is 28.7 Å². The Morgan fingerprint density at radius 2 is 1.88 bits per heavy atom. The lowest BCUT2D eigenvalue weighted by atomic mass is 9.84. The zero-order valence-corrected chi connectivity index (χ0v) is 23.0. The summed E-state index contributed by atoms with van der Waals surface area (Å²) in [5, 5.41) is 0.935. The molecule has 0 aliphatic carbocycles. The molecule has 1 unspecified atom stereocenters. The normalized spacial score (nSPS) is 16.6. The molecule has 0 N–H and O–H groups in total. The minimum absolute atomic E-state index is 0.0765. The fourth-order valence-electron chi connectivity index (χ4n) is 5.69. The van der Waals surface area contributed by atoms with Gasteiger partial charge in [-0.3, -0.25) is 14.6 Å². The Labute approximate surface area is 241 Å². The van der Waals surface area contributed by atoms with Crippen LogP contribution in [0.4, 0.5) is 0 Å². The Bertz CT molecular complexity index is 1910. The van der Waals surface area contributed by atoms with Crippen LogP contribution in [0.2, 0.25) is 0 Å². The van der Waals surface area contributed by atoms with E-state index in [0.29, 0.717) is 28.4 Å². The monoisotopic (exact) mass is 558 g/mol. The standard InChI is InChI=1S/C34H26N2O6/c1-36-18-20(25-16-22(39-2)10-12-27(25)36)15-30-33(38)24-11-13-29-32(34(24)42-30)26(17-31(37)41-29)23-8-3-4-9-28(23)40-19-21-7-5-6-14-35-21/h3-16,18,26H,17,19H2,1-2H3. The summed E-state index contributed by atoms with van der Waals surface area (Å²) in [6.45, 7) is 0.270. The van der Waals surface area contributed by atoms with E-state index in [-0.39, 0.29) is 30.5 Å². The van der Waals surface area contributed by atoms with Gasteiger partial charge in [-0.2, -0.15) is 0 Å². The third-order valence-electron chi connectivity index (χ3n) is 7.69. The molecule has 2 aromatic heterocycles. The smallest absolute Gasteiger partial charge is 0.312 e. The van der Waals surface area contributed by atoms with Crippen LogP contribution in [-0.4, -0.2) is 28.4 Å². The van der Waals surface area contributed by atoms with E-state index < -0.39 is 5.92 Å². The lowest BCUT2D eigenvalue weighted by molar-refractivity contribution is -0.135. The van der Waals surface area contributed by atoms with Crippen LogP contribution in [0, 0.1) is 0 Å². The minimum atomic E-state index is -0.440. The number of carbonyl (C=O) groups is 2. The number of Topliss-reactive ketones (excluding diaryl/α,β-unsaturated/α-hetero) is 1. The predicted molar refractivity (Wildman–Crippen MR) is 156 cm³/mol. The van der Waals surface area contributed by atoms with Gasteiger partial charge in [-0.25, -0.2) is 0 Å². The second-order valence-corrected chi connectivity index (χ2v) is 10.3. The number of aromatic nitrogens is 2. The number of rotatable bonds is 6. The zero-order valence-electron chi connectivity index (χ0n) is 23.0. The summed E-state index contributed by atoms with van der Waals surface area (Å²) in [5.74, 6) is 1.28. The Morgan fingerprint density at radius 1 is 1.02 bits per heavy atom. The summed E-state index contributed by atoms with van der Waals surface area (Å²) in [6.07, 6.45) is 5.50. The van der Waals surface area contributed by atoms with Crippen molar-refractivity contribution in [2.24, 2.45) is 7.05 Å². The molecule has 8 nitrogen and oxygen atoms in total. The maximum atomic E-state index is 13.6. The largest absolute Gasteiger partial charge is 0.497 e. The van der Waals surface area contributed by atoms with Gasteiger partial charge in [-0.05, 0) is 54.6 Å². The van der Waals surface area contributed by atoms with Crippen molar-refractivity contribution in [3.8, 4) is 23.0 Å². The first-order valence-electron chi connectivity index (χ1n) is 13.6. The molecule has 0 bridgehead atoms. The highest BCUT2D eigenvalue weighted by atomic mass is 16.5. The molecule has 5 aromatic rings. The van der Waals surface area contributed by atoms with Crippen LogP contribution >= 0.6 is 0 Å². The number of para-hydroxylation sites is 1. The van der Waals surface area contributed by atoms with Crippen molar-refractivity contribution in [3.63, 3.8) is 0 Å². The number of nitrogens with zero attached hydrogens (tertiary/aromatic N) is 2. The van der Waals surface area contributed by atoms with E-state index in [4.69, 9.17) is 18.9 Å². The molecule has 0 spiro atoms. The molecule has 0 saturated heterocycles. The number of hydrogen-bond donors (Lipinski definition) is 0. The molecule has 0 fully saturated rings. The average Bonchev–Trinajstić information content (AvgIpc) is 3.50. The SMILES string of the molecule is COc1ccc2c(c1)c(C=C1Oc3c(ccc4c3C(c3ccccc3OCc3ccccn3)CC(=O)O4)C1=O)cn2C. The summed E-state index contributed by atoms with van der Waals surface area (Å²) in [4.78, 5) is 30.7. The molecule has 0 saturated carbocycles. The van der Waals surface area contributed by atoms with Gasteiger partial charge in [0, 0.05) is 53.0 Å². The van der Waals surface area contributed by atoms with Crippen LogP contribution in [-0.2, 0) is 18.4 Å². The van der Waals surface area contributed by atoms with Gasteiger partial charge in [0.15, 0.2) is 5.76 Å². The van der Waals surface area contributed by atoms with E-state index >= 15 is 0 Å². The summed E-state index contributed by atoms with van der Waals surface area (Å²) < 4.78 is 25.6. The molecule has 8 heteroatoms. The summed E-state index contributed by atoms with van der Waals surface area (Å²) in [7, 11) is 3.57. The van der Waals surface area contributed by atoms with Gasteiger partial charge < -0.3 is 23.5 Å². The second kappa shape index (κ2) is 10.2. The van der Waals surface area contributed by atoms with Crippen LogP contribution in [0.25, 0.3) is 17.0 Å². The van der Waals surface area contributed by atoms with Crippen molar-refractivity contribution in [2.45, 2.75) is 18.9 Å². The average molecular weight is 559 g/mol. The number of esters is 1. The molecule has 42 heavy (non-hydrogen) atoms. The number of hydrogen-bond acceptors (Lipinski definition) is 7. The zero-order chi connectivity index (χ0) is 28.8. The number of fused-ring (bicyclic) bond motifs is 4. The quantitative estimate of drug-likeness (QED) is 0.139. The van der Waals surface area contributed by atoms with E-state index in [1.807, 2.05) is 78.5 Å². The molecule has 208 valence electrons. The number of allylic oxidation sites excluding steroid dienone is 1. The Balaban J connectivity index is 1.28. The van der Waals surface area contributed by atoms with Gasteiger partial charge in [0.05, 0.1) is 24.8 Å². The molecule has 1 atom stereocenters. The van der Waals surface area contributed by atoms with E-state index in [9.17, 15) is 9.59 Å². The number of carbonyl (C=O) groups excluding carboxylic acids is 2. The summed E-state index contributed by atoms with van der Waals surface area (Å²) in [5.41, 5.74) is 4.48. The Hall–Kier alpha value is -5.37. The fraction of sp³-hybridized carbons (Fsp3) is 0.147.